The second-order valence-electron chi connectivity index (χ2n) is 11.6. The zero-order chi connectivity index (χ0) is 29.8. The Balaban J connectivity index is 1.08. The summed E-state index contributed by atoms with van der Waals surface area (Å²) in [5.74, 6) is 0.464. The number of aromatic nitrogens is 1. The summed E-state index contributed by atoms with van der Waals surface area (Å²) in [6.07, 6.45) is 0.278. The van der Waals surface area contributed by atoms with E-state index in [0.29, 0.717) is 58.8 Å². The Kier molecular flexibility index (Phi) is 6.69. The van der Waals surface area contributed by atoms with E-state index in [4.69, 9.17) is 9.47 Å². The molecule has 1 N–H and O–H groups in total. The monoisotopic (exact) mass is 583 g/mol. The third-order valence-electron chi connectivity index (χ3n) is 9.10. The number of piperidine rings is 1. The molecule has 3 unspecified atom stereocenters. The van der Waals surface area contributed by atoms with Crippen LogP contribution in [-0.2, 0) is 11.3 Å². The first-order valence-corrected chi connectivity index (χ1v) is 14.6. The van der Waals surface area contributed by atoms with Crippen LogP contribution in [0.15, 0.2) is 59.4 Å². The summed E-state index contributed by atoms with van der Waals surface area (Å²) < 4.78 is 12.9. The molecule has 43 heavy (non-hydrogen) atoms. The number of fused-ring (bicyclic) bond motifs is 9. The fourth-order valence-electron chi connectivity index (χ4n) is 7.33. The van der Waals surface area contributed by atoms with Crippen LogP contribution in [0.5, 0.6) is 11.5 Å². The molecular weight excluding hydrogens is 550 g/mol. The maximum absolute atomic E-state index is 13.8. The number of carbonyl (C=O) groups excluding carboxylic acids is 3. The van der Waals surface area contributed by atoms with Gasteiger partial charge in [-0.05, 0) is 36.6 Å². The summed E-state index contributed by atoms with van der Waals surface area (Å²) in [6, 6.07) is 15.9. The highest BCUT2D eigenvalue weighted by Gasteiger charge is 2.50. The van der Waals surface area contributed by atoms with Crippen LogP contribution in [-0.4, -0.2) is 79.0 Å². The van der Waals surface area contributed by atoms with Gasteiger partial charge in [-0.3, -0.25) is 24.1 Å². The molecule has 3 amide bonds. The van der Waals surface area contributed by atoms with Crippen LogP contribution in [0.3, 0.4) is 0 Å². The first-order chi connectivity index (χ1) is 20.9. The molecule has 222 valence electrons. The standard InChI is InChI=1S/C32H33N5O6/c1-42-25-11-10-22-28(29(25)43-2)32(41)37-24-7-4-3-6-21(24)31(40)36(30(22)37)18-26(38)33-12-13-34-15-19-14-20(17-34)23-8-5-9-27(39)35(23)16-19/h3-11,19-20,30H,12-18H2,1-2H3,(H,33,38). The number of hydrogen-bond acceptors (Lipinski definition) is 7. The van der Waals surface area contributed by atoms with Crippen molar-refractivity contribution in [3.63, 3.8) is 0 Å². The van der Waals surface area contributed by atoms with Crippen LogP contribution in [0.4, 0.5) is 5.69 Å². The van der Waals surface area contributed by atoms with E-state index in [2.05, 4.69) is 10.2 Å². The minimum Gasteiger partial charge on any atom is -0.493 e. The lowest BCUT2D eigenvalue weighted by Crippen LogP contribution is -2.52. The number of benzene rings is 2. The number of methoxy groups -OCH3 is 2. The van der Waals surface area contributed by atoms with Crippen molar-refractivity contribution in [3.8, 4) is 11.5 Å². The van der Waals surface area contributed by atoms with E-state index >= 15 is 0 Å². The van der Waals surface area contributed by atoms with E-state index in [0.717, 1.165) is 31.7 Å². The van der Waals surface area contributed by atoms with Crippen molar-refractivity contribution < 1.29 is 23.9 Å². The Morgan fingerprint density at radius 3 is 2.58 bits per heavy atom. The number of hydrogen-bond donors (Lipinski definition) is 1. The van der Waals surface area contributed by atoms with Crippen molar-refractivity contribution in [1.29, 1.82) is 0 Å². The van der Waals surface area contributed by atoms with Crippen LogP contribution in [0.2, 0.25) is 0 Å². The number of ether oxygens (including phenoxy) is 2. The van der Waals surface area contributed by atoms with Crippen LogP contribution in [0.25, 0.3) is 0 Å². The van der Waals surface area contributed by atoms with Gasteiger partial charge in [0.25, 0.3) is 17.4 Å². The molecule has 7 rings (SSSR count). The summed E-state index contributed by atoms with van der Waals surface area (Å²) in [5, 5.41) is 2.99. The Bertz CT molecular complexity index is 1700. The van der Waals surface area contributed by atoms with Crippen LogP contribution in [0, 0.1) is 5.92 Å². The zero-order valence-corrected chi connectivity index (χ0v) is 24.1. The van der Waals surface area contributed by atoms with Gasteiger partial charge in [-0.2, -0.15) is 0 Å². The summed E-state index contributed by atoms with van der Waals surface area (Å²) in [7, 11) is 2.98. The number of nitrogens with one attached hydrogen (secondary N) is 1. The summed E-state index contributed by atoms with van der Waals surface area (Å²) in [4.78, 5) is 58.6. The fraction of sp³-hybridized carbons (Fsp3) is 0.375. The molecule has 4 aliphatic rings. The van der Waals surface area contributed by atoms with Crippen molar-refractivity contribution in [2.75, 3.05) is 51.8 Å². The van der Waals surface area contributed by atoms with Gasteiger partial charge in [-0.15, -0.1) is 0 Å². The van der Waals surface area contributed by atoms with Crippen molar-refractivity contribution in [1.82, 2.24) is 19.7 Å². The molecule has 0 spiro atoms. The van der Waals surface area contributed by atoms with E-state index in [9.17, 15) is 19.2 Å². The molecule has 1 aromatic heterocycles. The molecule has 11 heteroatoms. The maximum atomic E-state index is 13.8. The molecule has 11 nitrogen and oxygen atoms in total. The summed E-state index contributed by atoms with van der Waals surface area (Å²) >= 11 is 0. The van der Waals surface area contributed by atoms with Gasteiger partial charge in [-0.1, -0.05) is 24.3 Å². The first-order valence-electron chi connectivity index (χ1n) is 14.6. The van der Waals surface area contributed by atoms with Gasteiger partial charge in [0.05, 0.1) is 31.0 Å². The minimum atomic E-state index is -0.791. The molecule has 2 bridgehead atoms. The van der Waals surface area contributed by atoms with Crippen molar-refractivity contribution in [2.45, 2.75) is 25.0 Å². The largest absolute Gasteiger partial charge is 0.493 e. The number of amides is 3. The molecular formula is C32H33N5O6. The van der Waals surface area contributed by atoms with E-state index in [1.165, 1.54) is 19.1 Å². The lowest BCUT2D eigenvalue weighted by molar-refractivity contribution is -0.122. The number of carbonyl (C=O) groups is 3. The Morgan fingerprint density at radius 2 is 1.77 bits per heavy atom. The van der Waals surface area contributed by atoms with E-state index in [1.54, 1.807) is 47.4 Å². The molecule has 1 fully saturated rings. The Morgan fingerprint density at radius 1 is 0.930 bits per heavy atom. The molecule has 2 aromatic carbocycles. The highest BCUT2D eigenvalue weighted by Crippen LogP contribution is 2.49. The number of rotatable bonds is 7. The minimum absolute atomic E-state index is 0.0607. The first kappa shape index (κ1) is 27.2. The van der Waals surface area contributed by atoms with Gasteiger partial charge in [-0.25, -0.2) is 0 Å². The number of likely N-dealkylation sites (tertiary alicyclic amines) is 1. The van der Waals surface area contributed by atoms with Gasteiger partial charge < -0.3 is 29.2 Å². The third-order valence-corrected chi connectivity index (χ3v) is 9.10. The maximum Gasteiger partial charge on any atom is 0.264 e. The van der Waals surface area contributed by atoms with Gasteiger partial charge in [0, 0.05) is 56.0 Å². The molecule has 4 aliphatic heterocycles. The van der Waals surface area contributed by atoms with Crippen molar-refractivity contribution in [3.05, 3.63) is 87.3 Å². The fourth-order valence-corrected chi connectivity index (χ4v) is 7.33. The van der Waals surface area contributed by atoms with Gasteiger partial charge in [0.1, 0.15) is 12.7 Å². The van der Waals surface area contributed by atoms with E-state index < -0.39 is 6.17 Å². The topological polar surface area (TPSA) is 113 Å². The lowest BCUT2D eigenvalue weighted by Gasteiger charge is -2.43. The molecule has 0 radical (unpaired) electrons. The molecule has 3 atom stereocenters. The molecule has 0 aliphatic carbocycles. The second kappa shape index (κ2) is 10.6. The van der Waals surface area contributed by atoms with Gasteiger partial charge in [0.15, 0.2) is 11.5 Å². The average molecular weight is 584 g/mol. The average Bonchev–Trinajstić information content (AvgIpc) is 3.31. The van der Waals surface area contributed by atoms with E-state index in [-0.39, 0.29) is 29.8 Å². The highest BCUT2D eigenvalue weighted by atomic mass is 16.5. The second-order valence-corrected chi connectivity index (χ2v) is 11.6. The summed E-state index contributed by atoms with van der Waals surface area (Å²) in [6.45, 7) is 3.31. The number of anilines is 1. The number of pyridine rings is 1. The van der Waals surface area contributed by atoms with E-state index in [1.807, 2.05) is 16.7 Å². The Labute approximate surface area is 248 Å². The zero-order valence-electron chi connectivity index (χ0n) is 24.1. The van der Waals surface area contributed by atoms with Crippen molar-refractivity contribution in [2.24, 2.45) is 5.92 Å². The predicted molar refractivity (Wildman–Crippen MR) is 158 cm³/mol. The number of nitrogens with zero attached hydrogens (tertiary/aromatic N) is 4. The van der Waals surface area contributed by atoms with Crippen LogP contribution in [0.1, 0.15) is 50.5 Å². The third kappa shape index (κ3) is 4.37. The molecule has 1 saturated heterocycles. The normalized spacial score (nSPS) is 22.0. The Hall–Kier alpha value is -4.64. The van der Waals surface area contributed by atoms with Crippen molar-refractivity contribution >= 4 is 23.4 Å². The lowest BCUT2D eigenvalue weighted by atomic mass is 9.83. The summed E-state index contributed by atoms with van der Waals surface area (Å²) in [5.41, 5.74) is 2.91. The molecule has 3 aromatic rings. The SMILES string of the molecule is COc1ccc2c(c1OC)C(=O)N1c3ccccc3C(=O)N(CC(=O)NCCN3CC4CC(C3)c3cccc(=O)n3C4)C21. The number of para-hydroxylation sites is 1. The van der Waals surface area contributed by atoms with Crippen LogP contribution >= 0.6 is 0 Å². The molecule has 0 saturated carbocycles. The van der Waals surface area contributed by atoms with Crippen LogP contribution < -0.4 is 25.2 Å². The smallest absolute Gasteiger partial charge is 0.264 e. The highest BCUT2D eigenvalue weighted by molar-refractivity contribution is 6.18. The quantitative estimate of drug-likeness (QED) is 0.454. The predicted octanol–water partition coefficient (Wildman–Crippen LogP) is 2.22. The molecule has 5 heterocycles. The van der Waals surface area contributed by atoms with Gasteiger partial charge >= 0.3 is 0 Å². The van der Waals surface area contributed by atoms with Gasteiger partial charge in [0.2, 0.25) is 5.91 Å².